The average molecular weight is 435 g/mol. The van der Waals surface area contributed by atoms with Gasteiger partial charge in [-0.15, -0.1) is 0 Å². The van der Waals surface area contributed by atoms with Crippen LogP contribution in [0.5, 0.6) is 0 Å². The molecule has 0 saturated heterocycles. The van der Waals surface area contributed by atoms with E-state index < -0.39 is 24.1 Å². The molecule has 3 N–H and O–H groups in total. The Kier molecular flexibility index (Phi) is 6.53. The van der Waals surface area contributed by atoms with Gasteiger partial charge in [-0.3, -0.25) is 0 Å². The first-order valence-corrected chi connectivity index (χ1v) is 10.7. The molecular weight excluding hydrogens is 409 g/mol. The maximum absolute atomic E-state index is 13.9. The maximum atomic E-state index is 13.9. The van der Waals surface area contributed by atoms with Gasteiger partial charge in [0.15, 0.2) is 0 Å². The van der Waals surface area contributed by atoms with Crippen molar-refractivity contribution in [1.82, 2.24) is 5.32 Å². The van der Waals surface area contributed by atoms with E-state index in [4.69, 9.17) is 4.74 Å². The summed E-state index contributed by atoms with van der Waals surface area (Å²) in [5.74, 6) is -0.614. The van der Waals surface area contributed by atoms with Crippen LogP contribution in [0.4, 0.5) is 9.18 Å². The molecule has 5 nitrogen and oxygen atoms in total. The number of fused-ring (bicyclic) bond motifs is 3. The molecule has 0 heterocycles. The summed E-state index contributed by atoms with van der Waals surface area (Å²) in [6.45, 7) is 2.06. The third kappa shape index (κ3) is 4.52. The lowest BCUT2D eigenvalue weighted by molar-refractivity contribution is 0.0116. The Morgan fingerprint density at radius 3 is 2.31 bits per heavy atom. The van der Waals surface area contributed by atoms with Crippen molar-refractivity contribution in [3.63, 3.8) is 0 Å². The number of aliphatic hydroxyl groups excluding tert-OH is 2. The molecule has 0 bridgehead atoms. The molecule has 6 heteroatoms. The Bertz CT molecular complexity index is 1070. The number of carbonyl (C=O) groups is 1. The molecule has 1 amide bonds. The Balaban J connectivity index is 1.29. The van der Waals surface area contributed by atoms with Crippen molar-refractivity contribution in [3.8, 4) is 11.1 Å². The molecule has 2 unspecified atom stereocenters. The van der Waals surface area contributed by atoms with Gasteiger partial charge in [0.05, 0.1) is 6.10 Å². The van der Waals surface area contributed by atoms with Crippen molar-refractivity contribution in [1.29, 1.82) is 0 Å². The average Bonchev–Trinajstić information content (AvgIpc) is 3.12. The van der Waals surface area contributed by atoms with Crippen LogP contribution < -0.4 is 5.32 Å². The zero-order valence-electron chi connectivity index (χ0n) is 17.8. The van der Waals surface area contributed by atoms with Gasteiger partial charge >= 0.3 is 6.09 Å². The number of ether oxygens (including phenoxy) is 1. The number of nitrogens with one attached hydrogen (secondary N) is 1. The number of alkyl carbamates (subject to hydrolysis) is 1. The maximum Gasteiger partial charge on any atom is 0.407 e. The van der Waals surface area contributed by atoms with Crippen LogP contribution in [-0.2, 0) is 4.74 Å². The summed E-state index contributed by atoms with van der Waals surface area (Å²) < 4.78 is 19.4. The van der Waals surface area contributed by atoms with E-state index in [1.54, 1.807) is 13.0 Å². The molecule has 0 fully saturated rings. The first-order chi connectivity index (χ1) is 15.5. The smallest absolute Gasteiger partial charge is 0.407 e. The van der Waals surface area contributed by atoms with E-state index in [9.17, 15) is 19.4 Å². The van der Waals surface area contributed by atoms with Crippen molar-refractivity contribution in [3.05, 3.63) is 94.8 Å². The first-order valence-electron chi connectivity index (χ1n) is 10.7. The second-order valence-corrected chi connectivity index (χ2v) is 8.08. The molecule has 0 radical (unpaired) electrons. The van der Waals surface area contributed by atoms with Gasteiger partial charge in [0.25, 0.3) is 0 Å². The van der Waals surface area contributed by atoms with E-state index in [0.29, 0.717) is 0 Å². The third-order valence-corrected chi connectivity index (χ3v) is 5.89. The molecule has 3 aromatic carbocycles. The molecule has 1 aliphatic rings. The number of aryl methyl sites for hydroxylation is 1. The lowest BCUT2D eigenvalue weighted by Gasteiger charge is -2.19. The van der Waals surface area contributed by atoms with E-state index in [-0.39, 0.29) is 31.1 Å². The van der Waals surface area contributed by atoms with Gasteiger partial charge in [0.2, 0.25) is 0 Å². The molecule has 4 rings (SSSR count). The topological polar surface area (TPSA) is 78.8 Å². The van der Waals surface area contributed by atoms with Gasteiger partial charge in [0.1, 0.15) is 18.5 Å². The highest BCUT2D eigenvalue weighted by Crippen LogP contribution is 2.44. The van der Waals surface area contributed by atoms with Crippen molar-refractivity contribution in [2.75, 3.05) is 13.2 Å². The number of hydrogen-bond donors (Lipinski definition) is 3. The highest BCUT2D eigenvalue weighted by Gasteiger charge is 2.29. The van der Waals surface area contributed by atoms with Gasteiger partial charge < -0.3 is 20.3 Å². The van der Waals surface area contributed by atoms with Crippen molar-refractivity contribution >= 4 is 6.09 Å². The largest absolute Gasteiger partial charge is 0.449 e. The van der Waals surface area contributed by atoms with Crippen molar-refractivity contribution in [2.45, 2.75) is 31.5 Å². The third-order valence-electron chi connectivity index (χ3n) is 5.89. The molecule has 0 spiro atoms. The van der Waals surface area contributed by atoms with E-state index in [2.05, 4.69) is 17.4 Å². The number of carbonyl (C=O) groups excluding carboxylic acids is 1. The SMILES string of the molecule is Cc1ccc(F)c(C(O)C(O)CCNC(=O)OCC2c3ccccc3-c3ccccc32)c1. The van der Waals surface area contributed by atoms with Gasteiger partial charge in [-0.1, -0.05) is 66.2 Å². The summed E-state index contributed by atoms with van der Waals surface area (Å²) in [4.78, 5) is 12.2. The fourth-order valence-electron chi connectivity index (χ4n) is 4.23. The molecule has 32 heavy (non-hydrogen) atoms. The van der Waals surface area contributed by atoms with Crippen molar-refractivity contribution < 1.29 is 24.1 Å². The summed E-state index contributed by atoms with van der Waals surface area (Å²) in [6.07, 6.45) is -3.15. The molecule has 166 valence electrons. The second kappa shape index (κ2) is 9.51. The summed E-state index contributed by atoms with van der Waals surface area (Å²) in [7, 11) is 0. The standard InChI is InChI=1S/C26H26FNO4/c1-16-10-11-23(27)21(14-16)25(30)24(29)12-13-28-26(31)32-15-22-19-8-4-2-6-17(19)18-7-3-5-9-20(18)22/h2-11,14,22,24-25,29-30H,12-13,15H2,1H3,(H,28,31). The van der Waals surface area contributed by atoms with Crippen LogP contribution in [-0.4, -0.2) is 35.6 Å². The monoisotopic (exact) mass is 435 g/mol. The zero-order valence-corrected chi connectivity index (χ0v) is 17.8. The second-order valence-electron chi connectivity index (χ2n) is 8.08. The van der Waals surface area contributed by atoms with Gasteiger partial charge in [-0.2, -0.15) is 0 Å². The predicted molar refractivity (Wildman–Crippen MR) is 120 cm³/mol. The molecule has 0 aromatic heterocycles. The summed E-state index contributed by atoms with van der Waals surface area (Å²) in [5, 5.41) is 23.1. The fraction of sp³-hybridized carbons (Fsp3) is 0.269. The highest BCUT2D eigenvalue weighted by atomic mass is 19.1. The molecule has 1 aliphatic carbocycles. The summed E-state index contributed by atoms with van der Waals surface area (Å²) in [5.41, 5.74) is 5.37. The summed E-state index contributed by atoms with van der Waals surface area (Å²) in [6, 6.07) is 20.5. The Morgan fingerprint density at radius 2 is 1.66 bits per heavy atom. The van der Waals surface area contributed by atoms with E-state index in [1.165, 1.54) is 12.1 Å². The molecular formula is C26H26FNO4. The molecule has 0 saturated carbocycles. The number of aliphatic hydroxyl groups is 2. The minimum absolute atomic E-state index is 0.0372. The first kappa shape index (κ1) is 22.0. The van der Waals surface area contributed by atoms with Gasteiger partial charge in [0, 0.05) is 18.0 Å². The summed E-state index contributed by atoms with van der Waals surface area (Å²) >= 11 is 0. The number of rotatable bonds is 7. The van der Waals surface area contributed by atoms with E-state index in [0.717, 1.165) is 27.8 Å². The predicted octanol–water partition coefficient (Wildman–Crippen LogP) is 4.46. The lowest BCUT2D eigenvalue weighted by atomic mass is 9.98. The lowest BCUT2D eigenvalue weighted by Crippen LogP contribution is -2.31. The molecule has 0 aliphatic heterocycles. The van der Waals surface area contributed by atoms with Crippen LogP contribution in [0.15, 0.2) is 66.7 Å². The number of amides is 1. The number of halogens is 1. The van der Waals surface area contributed by atoms with Crippen molar-refractivity contribution in [2.24, 2.45) is 0 Å². The molecule has 3 aromatic rings. The quantitative estimate of drug-likeness (QED) is 0.512. The minimum Gasteiger partial charge on any atom is -0.449 e. The Labute approximate surface area is 186 Å². The van der Waals surface area contributed by atoms with Crippen LogP contribution in [0.2, 0.25) is 0 Å². The van der Waals surface area contributed by atoms with Crippen LogP contribution in [0.1, 0.15) is 40.7 Å². The van der Waals surface area contributed by atoms with Crippen LogP contribution in [0, 0.1) is 12.7 Å². The molecule has 2 atom stereocenters. The van der Waals surface area contributed by atoms with E-state index in [1.807, 2.05) is 36.4 Å². The van der Waals surface area contributed by atoms with Crippen LogP contribution in [0.25, 0.3) is 11.1 Å². The van der Waals surface area contributed by atoms with Crippen LogP contribution >= 0.6 is 0 Å². The van der Waals surface area contributed by atoms with Gasteiger partial charge in [-0.05, 0) is 41.7 Å². The highest BCUT2D eigenvalue weighted by molar-refractivity contribution is 5.79. The van der Waals surface area contributed by atoms with Crippen LogP contribution in [0.3, 0.4) is 0 Å². The number of benzene rings is 3. The Morgan fingerprint density at radius 1 is 1.03 bits per heavy atom. The zero-order chi connectivity index (χ0) is 22.7. The van der Waals surface area contributed by atoms with Gasteiger partial charge in [-0.25, -0.2) is 9.18 Å². The fourth-order valence-corrected chi connectivity index (χ4v) is 4.23. The number of hydrogen-bond acceptors (Lipinski definition) is 4. The Hall–Kier alpha value is -3.22. The minimum atomic E-state index is -1.38. The van der Waals surface area contributed by atoms with E-state index >= 15 is 0 Å². The normalized spacial score (nSPS) is 14.4.